The van der Waals surface area contributed by atoms with E-state index in [0.717, 1.165) is 24.8 Å². The summed E-state index contributed by atoms with van der Waals surface area (Å²) >= 11 is 4.69. The van der Waals surface area contributed by atoms with Crippen LogP contribution in [0.1, 0.15) is 36.6 Å². The summed E-state index contributed by atoms with van der Waals surface area (Å²) in [7, 11) is 0. The van der Waals surface area contributed by atoms with Crippen LogP contribution in [0, 0.1) is 11.7 Å². The minimum absolute atomic E-state index is 0.00294. The van der Waals surface area contributed by atoms with E-state index in [0.29, 0.717) is 24.3 Å². The Kier molecular flexibility index (Phi) is 6.06. The van der Waals surface area contributed by atoms with Crippen molar-refractivity contribution in [3.05, 3.63) is 59.2 Å². The molecule has 2 heterocycles. The SMILES string of the molecule is O=C(O)Cn1ccc(/C=C2\CN(C(C(=O)C3CC3)c3ccccc3F)CCC2S)n1. The fraction of sp³-hybridized carbons (Fsp3) is 0.409. The molecule has 1 saturated heterocycles. The number of benzene rings is 1. The first kappa shape index (κ1) is 20.8. The van der Waals surface area contributed by atoms with Crippen LogP contribution >= 0.6 is 12.6 Å². The second-order valence-electron chi connectivity index (χ2n) is 7.93. The predicted octanol–water partition coefficient (Wildman–Crippen LogP) is 3.21. The largest absolute Gasteiger partial charge is 0.480 e. The van der Waals surface area contributed by atoms with Gasteiger partial charge in [0.05, 0.1) is 11.7 Å². The van der Waals surface area contributed by atoms with Crippen LogP contribution in [0.2, 0.25) is 0 Å². The normalized spacial score (nSPS) is 22.2. The number of nitrogens with zero attached hydrogens (tertiary/aromatic N) is 3. The van der Waals surface area contributed by atoms with Gasteiger partial charge in [0.15, 0.2) is 5.78 Å². The van der Waals surface area contributed by atoms with Gasteiger partial charge < -0.3 is 5.11 Å². The fourth-order valence-electron chi connectivity index (χ4n) is 3.94. The van der Waals surface area contributed by atoms with E-state index in [2.05, 4.69) is 17.7 Å². The Morgan fingerprint density at radius 2 is 2.03 bits per heavy atom. The van der Waals surface area contributed by atoms with Crippen LogP contribution in [0.4, 0.5) is 4.39 Å². The molecular weight excluding hydrogens is 405 g/mol. The van der Waals surface area contributed by atoms with Gasteiger partial charge in [0, 0.05) is 36.0 Å². The number of Topliss-reactive ketones (excluding diaryl/α,β-unsaturated/α-hetero) is 1. The summed E-state index contributed by atoms with van der Waals surface area (Å²) in [6, 6.07) is 7.65. The molecule has 2 aromatic rings. The van der Waals surface area contributed by atoms with E-state index in [4.69, 9.17) is 5.11 Å². The Morgan fingerprint density at radius 3 is 2.73 bits per heavy atom. The quantitative estimate of drug-likeness (QED) is 0.661. The minimum Gasteiger partial charge on any atom is -0.480 e. The van der Waals surface area contributed by atoms with Crippen molar-refractivity contribution in [2.45, 2.75) is 37.1 Å². The first-order chi connectivity index (χ1) is 14.4. The Morgan fingerprint density at radius 1 is 1.27 bits per heavy atom. The smallest absolute Gasteiger partial charge is 0.325 e. The van der Waals surface area contributed by atoms with E-state index in [1.165, 1.54) is 10.7 Å². The van der Waals surface area contributed by atoms with Crippen molar-refractivity contribution in [3.8, 4) is 0 Å². The molecule has 8 heteroatoms. The minimum atomic E-state index is -0.959. The predicted molar refractivity (Wildman–Crippen MR) is 114 cm³/mol. The summed E-state index contributed by atoms with van der Waals surface area (Å²) in [5.74, 6) is -1.22. The summed E-state index contributed by atoms with van der Waals surface area (Å²) in [6.45, 7) is 0.929. The van der Waals surface area contributed by atoms with Crippen molar-refractivity contribution in [2.75, 3.05) is 13.1 Å². The summed E-state index contributed by atoms with van der Waals surface area (Å²) in [4.78, 5) is 26.0. The van der Waals surface area contributed by atoms with Crippen molar-refractivity contribution in [2.24, 2.45) is 5.92 Å². The first-order valence-corrected chi connectivity index (χ1v) is 10.6. The third-order valence-corrected chi connectivity index (χ3v) is 6.20. The van der Waals surface area contributed by atoms with E-state index < -0.39 is 12.0 Å². The third-order valence-electron chi connectivity index (χ3n) is 5.61. The number of carboxylic acid groups (broad SMARTS) is 1. The van der Waals surface area contributed by atoms with Crippen LogP contribution < -0.4 is 0 Å². The Labute approximate surface area is 179 Å². The zero-order valence-electron chi connectivity index (χ0n) is 16.4. The maximum Gasteiger partial charge on any atom is 0.325 e. The number of halogens is 1. The molecule has 0 spiro atoms. The van der Waals surface area contributed by atoms with E-state index >= 15 is 0 Å². The average Bonchev–Trinajstić information content (AvgIpc) is 3.47. The zero-order chi connectivity index (χ0) is 21.3. The van der Waals surface area contributed by atoms with Crippen molar-refractivity contribution >= 4 is 30.5 Å². The third kappa shape index (κ3) is 4.65. The number of carbonyl (C=O) groups is 2. The zero-order valence-corrected chi connectivity index (χ0v) is 17.3. The summed E-state index contributed by atoms with van der Waals surface area (Å²) in [5, 5.41) is 13.2. The van der Waals surface area contributed by atoms with Gasteiger partial charge in [0.2, 0.25) is 0 Å². The van der Waals surface area contributed by atoms with Gasteiger partial charge in [0.1, 0.15) is 12.4 Å². The van der Waals surface area contributed by atoms with Gasteiger partial charge in [-0.3, -0.25) is 19.2 Å². The molecule has 0 amide bonds. The second-order valence-corrected chi connectivity index (χ2v) is 8.55. The van der Waals surface area contributed by atoms with Crippen molar-refractivity contribution in [3.63, 3.8) is 0 Å². The molecule has 158 valence electrons. The number of carboxylic acids is 1. The highest BCUT2D eigenvalue weighted by atomic mass is 32.1. The van der Waals surface area contributed by atoms with Gasteiger partial charge in [-0.25, -0.2) is 4.39 Å². The Hall–Kier alpha value is -2.45. The highest BCUT2D eigenvalue weighted by Crippen LogP contribution is 2.39. The molecule has 2 unspecified atom stereocenters. The van der Waals surface area contributed by atoms with Crippen LogP contribution in [0.5, 0.6) is 0 Å². The Bertz CT molecular complexity index is 986. The molecule has 1 aromatic heterocycles. The van der Waals surface area contributed by atoms with E-state index in [1.807, 2.05) is 11.0 Å². The lowest BCUT2D eigenvalue weighted by Crippen LogP contribution is -2.42. The monoisotopic (exact) mass is 429 g/mol. The molecule has 1 N–H and O–H groups in total. The van der Waals surface area contributed by atoms with Crippen molar-refractivity contribution < 1.29 is 19.1 Å². The molecule has 2 fully saturated rings. The topological polar surface area (TPSA) is 75.4 Å². The first-order valence-electron chi connectivity index (χ1n) is 10.1. The molecule has 0 bridgehead atoms. The van der Waals surface area contributed by atoms with Crippen LogP contribution in [0.3, 0.4) is 0 Å². The molecule has 2 aliphatic rings. The van der Waals surface area contributed by atoms with E-state index in [9.17, 15) is 14.0 Å². The molecule has 1 aromatic carbocycles. The summed E-state index contributed by atoms with van der Waals surface area (Å²) in [6.07, 6.45) is 5.98. The van der Waals surface area contributed by atoms with Gasteiger partial charge in [0.25, 0.3) is 0 Å². The fourth-order valence-corrected chi connectivity index (χ4v) is 4.22. The molecule has 4 rings (SSSR count). The number of hydrogen-bond donors (Lipinski definition) is 2. The number of aliphatic carboxylic acids is 1. The van der Waals surface area contributed by atoms with Crippen LogP contribution in [-0.4, -0.2) is 49.9 Å². The number of likely N-dealkylation sites (tertiary alicyclic amines) is 1. The Balaban J connectivity index is 1.60. The molecule has 30 heavy (non-hydrogen) atoms. The maximum atomic E-state index is 14.6. The van der Waals surface area contributed by atoms with E-state index in [1.54, 1.807) is 30.5 Å². The van der Waals surface area contributed by atoms with Crippen molar-refractivity contribution in [1.29, 1.82) is 0 Å². The standard InChI is InChI=1S/C22H24FN3O3S/c23-18-4-2-1-3-17(18)21(22(29)14-5-6-14)25-9-8-19(30)15(12-25)11-16-7-10-26(24-16)13-20(27)28/h1-4,7,10-11,14,19,21,30H,5-6,8-9,12-13H2,(H,27,28)/b15-11+. The number of hydrogen-bond acceptors (Lipinski definition) is 5. The maximum absolute atomic E-state index is 14.6. The number of piperidine rings is 1. The molecule has 0 radical (unpaired) electrons. The van der Waals surface area contributed by atoms with E-state index in [-0.39, 0.29) is 29.3 Å². The highest BCUT2D eigenvalue weighted by Gasteiger charge is 2.40. The number of thiol groups is 1. The van der Waals surface area contributed by atoms with Crippen molar-refractivity contribution in [1.82, 2.24) is 14.7 Å². The average molecular weight is 430 g/mol. The number of carbonyl (C=O) groups excluding carboxylic acids is 1. The van der Waals surface area contributed by atoms with Gasteiger partial charge >= 0.3 is 5.97 Å². The lowest BCUT2D eigenvalue weighted by molar-refractivity contribution is -0.137. The number of ketones is 1. The van der Waals surface area contributed by atoms with Gasteiger partial charge in [-0.15, -0.1) is 0 Å². The highest BCUT2D eigenvalue weighted by molar-refractivity contribution is 7.81. The second kappa shape index (κ2) is 8.73. The number of rotatable bonds is 7. The number of aromatic nitrogens is 2. The van der Waals surface area contributed by atoms with Crippen LogP contribution in [0.15, 0.2) is 42.1 Å². The van der Waals surface area contributed by atoms with Crippen LogP contribution in [0.25, 0.3) is 6.08 Å². The van der Waals surface area contributed by atoms with Gasteiger partial charge in [-0.05, 0) is 43.0 Å². The van der Waals surface area contributed by atoms with Gasteiger partial charge in [-0.1, -0.05) is 18.2 Å². The molecule has 1 aliphatic heterocycles. The molecule has 1 aliphatic carbocycles. The lowest BCUT2D eigenvalue weighted by atomic mass is 9.93. The lowest BCUT2D eigenvalue weighted by Gasteiger charge is -2.37. The molecular formula is C22H24FN3O3S. The molecule has 6 nitrogen and oxygen atoms in total. The molecule has 1 saturated carbocycles. The summed E-state index contributed by atoms with van der Waals surface area (Å²) in [5.41, 5.74) is 2.05. The van der Waals surface area contributed by atoms with Gasteiger partial charge in [-0.2, -0.15) is 17.7 Å². The molecule has 2 atom stereocenters. The summed E-state index contributed by atoms with van der Waals surface area (Å²) < 4.78 is 16.0. The van der Waals surface area contributed by atoms with Crippen LogP contribution in [-0.2, 0) is 16.1 Å².